The molecule has 2 aromatic rings. The maximum Gasteiger partial charge on any atom is 0.344 e. The molecule has 0 saturated heterocycles. The zero-order valence-corrected chi connectivity index (χ0v) is 18.8. The molecule has 8 nitrogen and oxygen atoms in total. The second-order valence-electron chi connectivity index (χ2n) is 7.32. The Morgan fingerprint density at radius 2 is 1.72 bits per heavy atom. The van der Waals surface area contributed by atoms with Gasteiger partial charge >= 0.3 is 11.9 Å². The monoisotopic (exact) mass is 441 g/mol. The van der Waals surface area contributed by atoms with Crippen LogP contribution in [-0.4, -0.2) is 36.8 Å². The van der Waals surface area contributed by atoms with Crippen LogP contribution in [0.25, 0.3) is 6.08 Å². The van der Waals surface area contributed by atoms with Crippen LogP contribution in [0.2, 0.25) is 0 Å². The van der Waals surface area contributed by atoms with Crippen molar-refractivity contribution in [2.45, 2.75) is 40.5 Å². The standard InChI is InChI=1S/C24H27NO7/c1-6-30-24(29)22-21(15(4)26)16(5)32-23(22)25-19(27)13-31-20(28)12-9-17-7-10-18(11-8-17)14(2)3/h7-12,14H,6,13H2,1-5H3,(H,25,27)/b12-9+. The molecule has 0 spiro atoms. The minimum Gasteiger partial charge on any atom is -0.462 e. The largest absolute Gasteiger partial charge is 0.462 e. The molecule has 1 aromatic heterocycles. The smallest absolute Gasteiger partial charge is 0.344 e. The Hall–Kier alpha value is -3.68. The van der Waals surface area contributed by atoms with E-state index in [-0.39, 0.29) is 29.4 Å². The Bertz CT molecular complexity index is 1030. The third-order valence-corrected chi connectivity index (χ3v) is 4.53. The lowest BCUT2D eigenvalue weighted by atomic mass is 10.0. The molecule has 1 N–H and O–H groups in total. The highest BCUT2D eigenvalue weighted by Gasteiger charge is 2.28. The van der Waals surface area contributed by atoms with Gasteiger partial charge in [-0.25, -0.2) is 9.59 Å². The number of hydrogen-bond acceptors (Lipinski definition) is 7. The topological polar surface area (TPSA) is 112 Å². The van der Waals surface area contributed by atoms with Crippen molar-refractivity contribution < 1.29 is 33.1 Å². The summed E-state index contributed by atoms with van der Waals surface area (Å²) >= 11 is 0. The van der Waals surface area contributed by atoms with Gasteiger partial charge in [-0.1, -0.05) is 38.1 Å². The minimum absolute atomic E-state index is 0.0298. The van der Waals surface area contributed by atoms with Crippen LogP contribution in [-0.2, 0) is 19.1 Å². The highest BCUT2D eigenvalue weighted by atomic mass is 16.5. The molecule has 0 aliphatic rings. The van der Waals surface area contributed by atoms with Gasteiger partial charge in [-0.2, -0.15) is 0 Å². The summed E-state index contributed by atoms with van der Waals surface area (Å²) in [5.74, 6) is -2.31. The number of hydrogen-bond donors (Lipinski definition) is 1. The molecule has 1 aromatic carbocycles. The second kappa shape index (κ2) is 11.1. The fourth-order valence-corrected chi connectivity index (χ4v) is 2.96. The zero-order valence-electron chi connectivity index (χ0n) is 18.8. The molecule has 0 saturated carbocycles. The van der Waals surface area contributed by atoms with Crippen LogP contribution in [0.5, 0.6) is 0 Å². The summed E-state index contributed by atoms with van der Waals surface area (Å²) in [6, 6.07) is 7.72. The zero-order chi connectivity index (χ0) is 23.8. The maximum absolute atomic E-state index is 12.2. The third kappa shape index (κ3) is 6.41. The molecule has 8 heteroatoms. The van der Waals surface area contributed by atoms with E-state index in [0.29, 0.717) is 5.92 Å². The molecule has 0 bridgehead atoms. The number of amides is 1. The first-order valence-corrected chi connectivity index (χ1v) is 10.2. The van der Waals surface area contributed by atoms with E-state index in [9.17, 15) is 19.2 Å². The fourth-order valence-electron chi connectivity index (χ4n) is 2.96. The predicted octanol–water partition coefficient (Wildman–Crippen LogP) is 4.29. The van der Waals surface area contributed by atoms with Crippen LogP contribution in [0.1, 0.15) is 71.2 Å². The lowest BCUT2D eigenvalue weighted by Gasteiger charge is -2.06. The first-order chi connectivity index (χ1) is 15.1. The van der Waals surface area contributed by atoms with Gasteiger partial charge in [-0.3, -0.25) is 14.9 Å². The molecular formula is C24H27NO7. The van der Waals surface area contributed by atoms with E-state index in [0.717, 1.165) is 5.56 Å². The number of esters is 2. The Kier molecular flexibility index (Phi) is 8.52. The van der Waals surface area contributed by atoms with Crippen LogP contribution >= 0.6 is 0 Å². The summed E-state index contributed by atoms with van der Waals surface area (Å²) in [4.78, 5) is 48.3. The van der Waals surface area contributed by atoms with Crippen molar-refractivity contribution in [3.8, 4) is 0 Å². The molecule has 1 amide bonds. The van der Waals surface area contributed by atoms with E-state index < -0.39 is 30.2 Å². The number of benzene rings is 1. The average Bonchev–Trinajstić information content (AvgIpc) is 3.07. The van der Waals surface area contributed by atoms with Crippen LogP contribution in [0.15, 0.2) is 34.8 Å². The summed E-state index contributed by atoms with van der Waals surface area (Å²) in [5, 5.41) is 2.35. The molecule has 0 atom stereocenters. The number of ether oxygens (including phenoxy) is 2. The number of carbonyl (C=O) groups excluding carboxylic acids is 4. The summed E-state index contributed by atoms with van der Waals surface area (Å²) in [5.41, 5.74) is 1.87. The molecule has 32 heavy (non-hydrogen) atoms. The summed E-state index contributed by atoms with van der Waals surface area (Å²) in [6.07, 6.45) is 2.80. The van der Waals surface area contributed by atoms with Crippen molar-refractivity contribution in [1.29, 1.82) is 0 Å². The molecule has 170 valence electrons. The van der Waals surface area contributed by atoms with Gasteiger partial charge in [0.1, 0.15) is 11.3 Å². The van der Waals surface area contributed by atoms with E-state index in [1.54, 1.807) is 13.0 Å². The summed E-state index contributed by atoms with van der Waals surface area (Å²) in [6.45, 7) is 8.04. The highest BCUT2D eigenvalue weighted by molar-refractivity contribution is 6.10. The van der Waals surface area contributed by atoms with E-state index in [1.807, 2.05) is 24.3 Å². The summed E-state index contributed by atoms with van der Waals surface area (Å²) in [7, 11) is 0. The van der Waals surface area contributed by atoms with Gasteiger partial charge in [-0.05, 0) is 43.9 Å². The van der Waals surface area contributed by atoms with Gasteiger partial charge in [0.05, 0.1) is 12.2 Å². The second-order valence-corrected chi connectivity index (χ2v) is 7.32. The number of furan rings is 1. The number of nitrogens with one attached hydrogen (secondary N) is 1. The van der Waals surface area contributed by atoms with E-state index in [2.05, 4.69) is 19.2 Å². The SMILES string of the molecule is CCOC(=O)c1c(NC(=O)COC(=O)/C=C/c2ccc(C(C)C)cc2)oc(C)c1C(C)=O. The number of Topliss-reactive ketones (excluding diaryl/α,β-unsaturated/α-hetero) is 1. The van der Waals surface area contributed by atoms with Crippen LogP contribution in [0, 0.1) is 6.92 Å². The van der Waals surface area contributed by atoms with Crippen molar-refractivity contribution in [1.82, 2.24) is 0 Å². The van der Waals surface area contributed by atoms with Gasteiger partial charge in [0.25, 0.3) is 5.91 Å². The maximum atomic E-state index is 12.2. The first kappa shape index (κ1) is 24.6. The highest BCUT2D eigenvalue weighted by Crippen LogP contribution is 2.28. The van der Waals surface area contributed by atoms with E-state index >= 15 is 0 Å². The van der Waals surface area contributed by atoms with Crippen LogP contribution in [0.4, 0.5) is 5.88 Å². The van der Waals surface area contributed by atoms with Crippen LogP contribution in [0.3, 0.4) is 0 Å². The normalized spacial score (nSPS) is 10.9. The van der Waals surface area contributed by atoms with Crippen molar-refractivity contribution in [2.75, 3.05) is 18.5 Å². The Morgan fingerprint density at radius 3 is 2.28 bits per heavy atom. The van der Waals surface area contributed by atoms with Crippen molar-refractivity contribution >= 4 is 35.6 Å². The van der Waals surface area contributed by atoms with E-state index in [1.165, 1.54) is 25.5 Å². The molecule has 0 fully saturated rings. The van der Waals surface area contributed by atoms with Crippen molar-refractivity contribution in [2.24, 2.45) is 0 Å². The number of anilines is 1. The number of aryl methyl sites for hydroxylation is 1. The van der Waals surface area contributed by atoms with Gasteiger partial charge in [-0.15, -0.1) is 0 Å². The van der Waals surface area contributed by atoms with Gasteiger partial charge in [0.15, 0.2) is 12.4 Å². The Morgan fingerprint density at radius 1 is 1.06 bits per heavy atom. The molecule has 2 rings (SSSR count). The quantitative estimate of drug-likeness (QED) is 0.351. The number of carbonyl (C=O) groups is 4. The van der Waals surface area contributed by atoms with Gasteiger partial charge < -0.3 is 13.9 Å². The molecule has 0 aliphatic carbocycles. The number of ketones is 1. The average molecular weight is 441 g/mol. The number of rotatable bonds is 9. The fraction of sp³-hybridized carbons (Fsp3) is 0.333. The Balaban J connectivity index is 2.00. The van der Waals surface area contributed by atoms with Crippen LogP contribution < -0.4 is 5.32 Å². The lowest BCUT2D eigenvalue weighted by molar-refractivity contribution is -0.142. The van der Waals surface area contributed by atoms with Gasteiger partial charge in [0, 0.05) is 6.08 Å². The third-order valence-electron chi connectivity index (χ3n) is 4.53. The molecule has 0 unspecified atom stereocenters. The molecule has 0 aliphatic heterocycles. The van der Waals surface area contributed by atoms with Crippen molar-refractivity contribution in [3.05, 3.63) is 58.4 Å². The lowest BCUT2D eigenvalue weighted by Crippen LogP contribution is -2.21. The predicted molar refractivity (Wildman–Crippen MR) is 119 cm³/mol. The van der Waals surface area contributed by atoms with Crippen molar-refractivity contribution in [3.63, 3.8) is 0 Å². The van der Waals surface area contributed by atoms with Gasteiger partial charge in [0.2, 0.25) is 5.88 Å². The Labute approximate surface area is 186 Å². The molecule has 0 radical (unpaired) electrons. The minimum atomic E-state index is -0.798. The first-order valence-electron chi connectivity index (χ1n) is 10.2. The molecule has 1 heterocycles. The van der Waals surface area contributed by atoms with E-state index in [4.69, 9.17) is 13.9 Å². The molecular weight excluding hydrogens is 414 g/mol. The summed E-state index contributed by atoms with van der Waals surface area (Å²) < 4.78 is 15.3.